The Balaban J connectivity index is 2.60. The fraction of sp³-hybridized carbons (Fsp3) is 0.333. The minimum absolute atomic E-state index is 0.473. The number of carbonyl (C=O) groups excluding carboxylic acids is 1. The number of rotatable bonds is 4. The van der Waals surface area contributed by atoms with Gasteiger partial charge in [-0.2, -0.15) is 0 Å². The number of carboxylic acids is 1. The molecule has 2 unspecified atom stereocenters. The van der Waals surface area contributed by atoms with Crippen molar-refractivity contribution in [3.63, 3.8) is 0 Å². The summed E-state index contributed by atoms with van der Waals surface area (Å²) in [6.07, 6.45) is 0. The van der Waals surface area contributed by atoms with E-state index in [9.17, 15) is 9.59 Å². The quantitative estimate of drug-likeness (QED) is 0.780. The minimum atomic E-state index is -0.959. The Bertz CT molecular complexity index is 496. The Kier molecular flexibility index (Phi) is 5.62. The summed E-state index contributed by atoms with van der Waals surface area (Å²) in [6.45, 7) is 3.16. The lowest BCUT2D eigenvalue weighted by atomic mass is 10.0. The Morgan fingerprint density at radius 3 is 2.53 bits per heavy atom. The van der Waals surface area contributed by atoms with E-state index >= 15 is 0 Å². The summed E-state index contributed by atoms with van der Waals surface area (Å²) in [5.41, 5.74) is 0.529. The number of hydrogen-bond acceptors (Lipinski definition) is 2. The third-order valence-corrected chi connectivity index (χ3v) is 3.91. The normalized spacial score (nSPS) is 13.5. The lowest BCUT2D eigenvalue weighted by Gasteiger charge is -2.18. The topological polar surface area (TPSA) is 78.4 Å². The van der Waals surface area contributed by atoms with E-state index in [-0.39, 0.29) is 0 Å². The zero-order valence-electron chi connectivity index (χ0n) is 10.4. The van der Waals surface area contributed by atoms with E-state index in [0.717, 1.165) is 4.47 Å². The van der Waals surface area contributed by atoms with E-state index in [1.807, 2.05) is 0 Å². The number of amides is 2. The number of hydrogen-bond donors (Lipinski definition) is 3. The summed E-state index contributed by atoms with van der Waals surface area (Å²) in [4.78, 5) is 22.4. The van der Waals surface area contributed by atoms with Gasteiger partial charge >= 0.3 is 12.0 Å². The third-order valence-electron chi connectivity index (χ3n) is 2.68. The number of carboxylic acid groups (broad SMARTS) is 1. The molecule has 3 N–H and O–H groups in total. The first-order valence-corrected chi connectivity index (χ1v) is 6.73. The van der Waals surface area contributed by atoms with Crippen molar-refractivity contribution >= 4 is 45.2 Å². The van der Waals surface area contributed by atoms with Gasteiger partial charge in [-0.1, -0.05) is 11.6 Å². The molecule has 19 heavy (non-hydrogen) atoms. The number of anilines is 1. The molecule has 0 aliphatic rings. The average Bonchev–Trinajstić information content (AvgIpc) is 2.32. The standard InChI is InChI=1S/C12H14BrClN2O3/c1-6(11(17)18)7(2)15-12(19)16-8-3-4-9(13)10(14)5-8/h3-7H,1-2H3,(H,17,18)(H2,15,16,19). The van der Waals surface area contributed by atoms with Crippen LogP contribution in [0.25, 0.3) is 0 Å². The van der Waals surface area contributed by atoms with Crippen molar-refractivity contribution in [2.24, 2.45) is 5.92 Å². The monoisotopic (exact) mass is 348 g/mol. The van der Waals surface area contributed by atoms with E-state index in [1.165, 1.54) is 6.92 Å². The van der Waals surface area contributed by atoms with Crippen LogP contribution in [-0.2, 0) is 4.79 Å². The van der Waals surface area contributed by atoms with Crippen molar-refractivity contribution in [2.45, 2.75) is 19.9 Å². The van der Waals surface area contributed by atoms with Crippen LogP contribution in [0.1, 0.15) is 13.8 Å². The van der Waals surface area contributed by atoms with Crippen LogP contribution in [0.4, 0.5) is 10.5 Å². The SMILES string of the molecule is CC(NC(=O)Nc1ccc(Br)c(Cl)c1)C(C)C(=O)O. The molecule has 0 radical (unpaired) electrons. The number of nitrogens with one attached hydrogen (secondary N) is 2. The van der Waals surface area contributed by atoms with Crippen LogP contribution in [0.5, 0.6) is 0 Å². The smallest absolute Gasteiger partial charge is 0.319 e. The van der Waals surface area contributed by atoms with E-state index in [4.69, 9.17) is 16.7 Å². The van der Waals surface area contributed by atoms with Gasteiger partial charge in [-0.3, -0.25) is 4.79 Å². The predicted octanol–water partition coefficient (Wildman–Crippen LogP) is 3.33. The molecule has 1 rings (SSSR count). The first kappa shape index (κ1) is 15.8. The predicted molar refractivity (Wildman–Crippen MR) is 77.6 cm³/mol. The molecule has 1 aromatic carbocycles. The van der Waals surface area contributed by atoms with Gasteiger partial charge in [0.05, 0.1) is 10.9 Å². The summed E-state index contributed by atoms with van der Waals surface area (Å²) in [7, 11) is 0. The summed E-state index contributed by atoms with van der Waals surface area (Å²) >= 11 is 9.14. The van der Waals surface area contributed by atoms with Gasteiger partial charge < -0.3 is 15.7 Å². The van der Waals surface area contributed by atoms with Crippen LogP contribution < -0.4 is 10.6 Å². The maximum absolute atomic E-state index is 11.7. The molecule has 2 atom stereocenters. The first-order valence-electron chi connectivity index (χ1n) is 5.56. The zero-order valence-corrected chi connectivity index (χ0v) is 12.7. The molecule has 0 bridgehead atoms. The second-order valence-electron chi connectivity index (χ2n) is 4.14. The van der Waals surface area contributed by atoms with Gasteiger partial charge in [-0.15, -0.1) is 0 Å². The highest BCUT2D eigenvalue weighted by atomic mass is 79.9. The van der Waals surface area contributed by atoms with E-state index in [0.29, 0.717) is 10.7 Å². The third kappa shape index (κ3) is 4.72. The largest absolute Gasteiger partial charge is 0.481 e. The molecule has 0 fully saturated rings. The van der Waals surface area contributed by atoms with Gasteiger partial charge in [0.25, 0.3) is 0 Å². The van der Waals surface area contributed by atoms with Crippen molar-refractivity contribution in [1.82, 2.24) is 5.32 Å². The van der Waals surface area contributed by atoms with Crippen molar-refractivity contribution in [3.8, 4) is 0 Å². The highest BCUT2D eigenvalue weighted by molar-refractivity contribution is 9.10. The molecule has 5 nitrogen and oxygen atoms in total. The van der Waals surface area contributed by atoms with Gasteiger partial charge in [-0.05, 0) is 48.0 Å². The molecule has 7 heteroatoms. The molecule has 0 aromatic heterocycles. The fourth-order valence-electron chi connectivity index (χ4n) is 1.29. The van der Waals surface area contributed by atoms with Crippen molar-refractivity contribution in [2.75, 3.05) is 5.32 Å². The molecule has 0 saturated heterocycles. The lowest BCUT2D eigenvalue weighted by Crippen LogP contribution is -2.42. The highest BCUT2D eigenvalue weighted by Crippen LogP contribution is 2.25. The van der Waals surface area contributed by atoms with Crippen LogP contribution in [0.15, 0.2) is 22.7 Å². The van der Waals surface area contributed by atoms with E-state index < -0.39 is 24.0 Å². The number of carbonyl (C=O) groups is 2. The van der Waals surface area contributed by atoms with E-state index in [2.05, 4.69) is 26.6 Å². The Morgan fingerprint density at radius 1 is 1.37 bits per heavy atom. The number of halogens is 2. The zero-order chi connectivity index (χ0) is 14.6. The highest BCUT2D eigenvalue weighted by Gasteiger charge is 2.20. The van der Waals surface area contributed by atoms with Crippen molar-refractivity contribution < 1.29 is 14.7 Å². The summed E-state index contributed by atoms with van der Waals surface area (Å²) < 4.78 is 0.730. The van der Waals surface area contributed by atoms with E-state index in [1.54, 1.807) is 25.1 Å². The van der Waals surface area contributed by atoms with Crippen LogP contribution in [0, 0.1) is 5.92 Å². The summed E-state index contributed by atoms with van der Waals surface area (Å²) in [6, 6.07) is 4.03. The summed E-state index contributed by atoms with van der Waals surface area (Å²) in [5, 5.41) is 14.4. The Labute approximate surface area is 124 Å². The van der Waals surface area contributed by atoms with Crippen LogP contribution in [0.3, 0.4) is 0 Å². The Hall–Kier alpha value is -1.27. The fourth-order valence-corrected chi connectivity index (χ4v) is 1.71. The van der Waals surface area contributed by atoms with Gasteiger partial charge in [0, 0.05) is 16.2 Å². The molecule has 0 aliphatic carbocycles. The first-order chi connectivity index (χ1) is 8.81. The van der Waals surface area contributed by atoms with Crippen LogP contribution in [-0.4, -0.2) is 23.1 Å². The van der Waals surface area contributed by atoms with Crippen LogP contribution >= 0.6 is 27.5 Å². The number of benzene rings is 1. The number of aliphatic carboxylic acids is 1. The van der Waals surface area contributed by atoms with Gasteiger partial charge in [0.2, 0.25) is 0 Å². The van der Waals surface area contributed by atoms with Gasteiger partial charge in [0.1, 0.15) is 0 Å². The number of urea groups is 1. The molecule has 0 heterocycles. The second-order valence-corrected chi connectivity index (χ2v) is 5.40. The van der Waals surface area contributed by atoms with Crippen molar-refractivity contribution in [1.29, 1.82) is 0 Å². The molecular weight excluding hydrogens is 336 g/mol. The maximum Gasteiger partial charge on any atom is 0.319 e. The van der Waals surface area contributed by atoms with Gasteiger partial charge in [-0.25, -0.2) is 4.79 Å². The molecule has 0 aliphatic heterocycles. The minimum Gasteiger partial charge on any atom is -0.481 e. The molecule has 2 amide bonds. The Morgan fingerprint density at radius 2 is 2.00 bits per heavy atom. The molecule has 0 saturated carbocycles. The summed E-state index contributed by atoms with van der Waals surface area (Å²) in [5.74, 6) is -1.63. The lowest BCUT2D eigenvalue weighted by molar-refractivity contribution is -0.141. The molecular formula is C12H14BrClN2O3. The van der Waals surface area contributed by atoms with Gasteiger partial charge in [0.15, 0.2) is 0 Å². The second kappa shape index (κ2) is 6.77. The molecule has 1 aromatic rings. The molecule has 104 valence electrons. The maximum atomic E-state index is 11.7. The average molecular weight is 350 g/mol. The molecule has 0 spiro atoms. The van der Waals surface area contributed by atoms with Crippen LogP contribution in [0.2, 0.25) is 5.02 Å². The van der Waals surface area contributed by atoms with Crippen molar-refractivity contribution in [3.05, 3.63) is 27.7 Å².